The molecule has 1 aliphatic heterocycles. The highest BCUT2D eigenvalue weighted by Crippen LogP contribution is 2.46. The van der Waals surface area contributed by atoms with Crippen LogP contribution in [0.4, 0.5) is 26.3 Å². The SMILES string of the molecule is OB(O)C1=CC(c2ccccc2C(F)(F)F)(C(F)(F)F)NC=C1. The van der Waals surface area contributed by atoms with Gasteiger partial charge in [0, 0.05) is 5.56 Å². The second-order valence-corrected chi connectivity index (χ2v) is 4.84. The van der Waals surface area contributed by atoms with E-state index < -0.39 is 41.6 Å². The quantitative estimate of drug-likeness (QED) is 0.574. The normalized spacial score (nSPS) is 21.7. The molecule has 1 aromatic rings. The predicted octanol–water partition coefficient (Wildman–Crippen LogP) is 2.52. The summed E-state index contributed by atoms with van der Waals surface area (Å²) in [4.78, 5) is 0. The van der Waals surface area contributed by atoms with Gasteiger partial charge < -0.3 is 15.4 Å². The van der Waals surface area contributed by atoms with Crippen molar-refractivity contribution in [1.82, 2.24) is 5.32 Å². The van der Waals surface area contributed by atoms with Gasteiger partial charge in [0.15, 0.2) is 5.54 Å². The Bertz CT molecular complexity index is 653. The average molecular weight is 337 g/mol. The Labute approximate surface area is 127 Å². The van der Waals surface area contributed by atoms with Crippen molar-refractivity contribution in [3.8, 4) is 0 Å². The Morgan fingerprint density at radius 1 is 1.00 bits per heavy atom. The number of alkyl halides is 6. The first kappa shape index (κ1) is 17.4. The van der Waals surface area contributed by atoms with E-state index in [1.54, 1.807) is 0 Å². The molecule has 0 saturated carbocycles. The van der Waals surface area contributed by atoms with E-state index in [1.807, 2.05) is 5.32 Å². The average Bonchev–Trinajstić information content (AvgIpc) is 2.45. The molecule has 1 unspecified atom stereocenters. The van der Waals surface area contributed by atoms with E-state index in [0.717, 1.165) is 24.4 Å². The summed E-state index contributed by atoms with van der Waals surface area (Å²) in [5, 5.41) is 20.0. The van der Waals surface area contributed by atoms with Gasteiger partial charge in [-0.3, -0.25) is 0 Å². The van der Waals surface area contributed by atoms with Crippen LogP contribution in [0.25, 0.3) is 0 Å². The zero-order chi connectivity index (χ0) is 17.5. The lowest BCUT2D eigenvalue weighted by atomic mass is 9.72. The van der Waals surface area contributed by atoms with E-state index in [1.165, 1.54) is 0 Å². The largest absolute Gasteiger partial charge is 0.488 e. The van der Waals surface area contributed by atoms with Crippen LogP contribution in [0, 0.1) is 0 Å². The van der Waals surface area contributed by atoms with Crippen molar-refractivity contribution in [2.24, 2.45) is 0 Å². The van der Waals surface area contributed by atoms with E-state index in [4.69, 9.17) is 10.0 Å². The van der Waals surface area contributed by atoms with E-state index in [-0.39, 0.29) is 0 Å². The van der Waals surface area contributed by atoms with Gasteiger partial charge in [0.1, 0.15) is 0 Å². The molecule has 124 valence electrons. The summed E-state index contributed by atoms with van der Waals surface area (Å²) in [6, 6.07) is 3.24. The Balaban J connectivity index is 2.76. The van der Waals surface area contributed by atoms with Gasteiger partial charge in [0.2, 0.25) is 0 Å². The molecule has 0 radical (unpaired) electrons. The maximum atomic E-state index is 13.6. The maximum Gasteiger partial charge on any atom is 0.488 e. The molecule has 1 atom stereocenters. The highest BCUT2D eigenvalue weighted by Gasteiger charge is 2.58. The highest BCUT2D eigenvalue weighted by molar-refractivity contribution is 6.51. The first-order valence-corrected chi connectivity index (χ1v) is 6.25. The second-order valence-electron chi connectivity index (χ2n) is 4.84. The highest BCUT2D eigenvalue weighted by atomic mass is 19.4. The fraction of sp³-hybridized carbons (Fsp3) is 0.231. The second kappa shape index (κ2) is 5.61. The Morgan fingerprint density at radius 3 is 2.13 bits per heavy atom. The monoisotopic (exact) mass is 337 g/mol. The van der Waals surface area contributed by atoms with Crippen LogP contribution in [0.15, 0.2) is 48.1 Å². The molecule has 0 fully saturated rings. The van der Waals surface area contributed by atoms with Crippen molar-refractivity contribution in [3.05, 3.63) is 59.2 Å². The van der Waals surface area contributed by atoms with Crippen molar-refractivity contribution in [2.45, 2.75) is 17.9 Å². The first-order chi connectivity index (χ1) is 10.5. The lowest BCUT2D eigenvalue weighted by molar-refractivity contribution is -0.185. The van der Waals surface area contributed by atoms with Gasteiger partial charge in [-0.2, -0.15) is 26.3 Å². The third-order valence-electron chi connectivity index (χ3n) is 3.37. The summed E-state index contributed by atoms with van der Waals surface area (Å²) < 4.78 is 80.1. The zero-order valence-corrected chi connectivity index (χ0v) is 11.3. The summed E-state index contributed by atoms with van der Waals surface area (Å²) in [6.07, 6.45) is -8.18. The molecule has 1 aromatic carbocycles. The van der Waals surface area contributed by atoms with Crippen molar-refractivity contribution in [3.63, 3.8) is 0 Å². The van der Waals surface area contributed by atoms with Gasteiger partial charge in [0.05, 0.1) is 5.56 Å². The van der Waals surface area contributed by atoms with Crippen LogP contribution in [-0.4, -0.2) is 23.3 Å². The smallest absolute Gasteiger partial charge is 0.423 e. The predicted molar refractivity (Wildman–Crippen MR) is 69.7 cm³/mol. The van der Waals surface area contributed by atoms with Crippen molar-refractivity contribution in [2.75, 3.05) is 0 Å². The molecular weight excluding hydrogens is 327 g/mol. The third-order valence-corrected chi connectivity index (χ3v) is 3.37. The molecule has 0 spiro atoms. The number of hydrogen-bond donors (Lipinski definition) is 3. The van der Waals surface area contributed by atoms with Crippen LogP contribution >= 0.6 is 0 Å². The number of halogens is 6. The Hall–Kier alpha value is -1.94. The number of dihydropyridines is 1. The zero-order valence-electron chi connectivity index (χ0n) is 11.3. The summed E-state index contributed by atoms with van der Waals surface area (Å²) in [6.45, 7) is 0. The van der Waals surface area contributed by atoms with Gasteiger partial charge >= 0.3 is 19.5 Å². The third kappa shape index (κ3) is 3.09. The van der Waals surface area contributed by atoms with E-state index in [9.17, 15) is 26.3 Å². The number of nitrogens with one attached hydrogen (secondary N) is 1. The van der Waals surface area contributed by atoms with Crippen molar-refractivity contribution >= 4 is 7.12 Å². The molecule has 1 aliphatic rings. The molecule has 10 heteroatoms. The van der Waals surface area contributed by atoms with E-state index >= 15 is 0 Å². The molecular formula is C13H10BF6NO2. The van der Waals surface area contributed by atoms with Gasteiger partial charge in [0.25, 0.3) is 0 Å². The van der Waals surface area contributed by atoms with Crippen LogP contribution in [0.5, 0.6) is 0 Å². The van der Waals surface area contributed by atoms with Gasteiger partial charge in [-0.05, 0) is 29.9 Å². The van der Waals surface area contributed by atoms with Crippen molar-refractivity contribution < 1.29 is 36.4 Å². The number of hydrogen-bond acceptors (Lipinski definition) is 3. The molecule has 3 nitrogen and oxygen atoms in total. The molecule has 0 saturated heterocycles. The van der Waals surface area contributed by atoms with Crippen LogP contribution < -0.4 is 5.32 Å². The Morgan fingerprint density at radius 2 is 1.61 bits per heavy atom. The standard InChI is InChI=1S/C13H10BF6NO2/c15-12(16,17)10-4-2-1-3-9(10)11(13(18,19)20)7-8(14(22)23)5-6-21-11/h1-7,21-23H. The molecule has 0 aliphatic carbocycles. The Kier molecular flexibility index (Phi) is 4.25. The fourth-order valence-corrected chi connectivity index (χ4v) is 2.32. The van der Waals surface area contributed by atoms with Crippen LogP contribution in [0.1, 0.15) is 11.1 Å². The molecule has 0 bridgehead atoms. The lowest BCUT2D eigenvalue weighted by Gasteiger charge is -2.38. The minimum absolute atomic E-state index is 0.336. The van der Waals surface area contributed by atoms with Crippen LogP contribution in [0.2, 0.25) is 0 Å². The first-order valence-electron chi connectivity index (χ1n) is 6.25. The number of benzene rings is 1. The summed E-state index contributed by atoms with van der Waals surface area (Å²) in [7, 11) is -2.26. The molecule has 1 heterocycles. The van der Waals surface area contributed by atoms with E-state index in [0.29, 0.717) is 18.2 Å². The summed E-state index contributed by atoms with van der Waals surface area (Å²) >= 11 is 0. The molecule has 23 heavy (non-hydrogen) atoms. The molecule has 3 N–H and O–H groups in total. The van der Waals surface area contributed by atoms with Gasteiger partial charge in [-0.1, -0.05) is 18.2 Å². The van der Waals surface area contributed by atoms with Gasteiger partial charge in [-0.15, -0.1) is 0 Å². The number of rotatable bonds is 2. The molecule has 0 amide bonds. The fourth-order valence-electron chi connectivity index (χ4n) is 2.32. The lowest BCUT2D eigenvalue weighted by Crippen LogP contribution is -2.53. The van der Waals surface area contributed by atoms with E-state index in [2.05, 4.69) is 0 Å². The molecule has 2 rings (SSSR count). The van der Waals surface area contributed by atoms with Crippen LogP contribution in [-0.2, 0) is 11.7 Å². The number of allylic oxidation sites excluding steroid dienone is 2. The van der Waals surface area contributed by atoms with Gasteiger partial charge in [-0.25, -0.2) is 0 Å². The molecule has 0 aromatic heterocycles. The summed E-state index contributed by atoms with van der Waals surface area (Å²) in [5.41, 5.74) is -6.35. The maximum absolute atomic E-state index is 13.6. The summed E-state index contributed by atoms with van der Waals surface area (Å²) in [5.74, 6) is 0. The van der Waals surface area contributed by atoms with Crippen molar-refractivity contribution in [1.29, 1.82) is 0 Å². The minimum atomic E-state index is -5.17. The van der Waals surface area contributed by atoms with Crippen LogP contribution in [0.3, 0.4) is 0 Å². The minimum Gasteiger partial charge on any atom is -0.423 e. The topological polar surface area (TPSA) is 52.5 Å².